The molecule has 5 nitrogen and oxygen atoms in total. The van der Waals surface area contributed by atoms with Crippen molar-refractivity contribution in [1.29, 1.82) is 5.26 Å². The highest BCUT2D eigenvalue weighted by atomic mass is 16.5. The Hall–Kier alpha value is -1.12. The standard InChI is InChI=1S/C13H24N2O3/c1-3-6-12(11-14)13(16)15-7-4-5-8-18-10-9-17-2/h12H,3-10H2,1-2H3,(H,15,16). The molecule has 0 heterocycles. The van der Waals surface area contributed by atoms with Crippen LogP contribution in [0.4, 0.5) is 0 Å². The van der Waals surface area contributed by atoms with Gasteiger partial charge in [-0.05, 0) is 19.3 Å². The Bertz CT molecular complexity index is 251. The third kappa shape index (κ3) is 8.97. The van der Waals surface area contributed by atoms with Crippen molar-refractivity contribution in [3.63, 3.8) is 0 Å². The van der Waals surface area contributed by atoms with Gasteiger partial charge in [-0.3, -0.25) is 4.79 Å². The molecule has 0 aromatic rings. The zero-order valence-electron chi connectivity index (χ0n) is 11.4. The quantitative estimate of drug-likeness (QED) is 0.568. The van der Waals surface area contributed by atoms with Gasteiger partial charge in [-0.25, -0.2) is 0 Å². The summed E-state index contributed by atoms with van der Waals surface area (Å²) in [6.07, 6.45) is 3.24. The van der Waals surface area contributed by atoms with E-state index in [4.69, 9.17) is 14.7 Å². The predicted molar refractivity (Wildman–Crippen MR) is 68.9 cm³/mol. The normalized spacial score (nSPS) is 11.8. The van der Waals surface area contributed by atoms with Gasteiger partial charge in [0.1, 0.15) is 5.92 Å². The number of hydrogen-bond donors (Lipinski definition) is 1. The van der Waals surface area contributed by atoms with Crippen LogP contribution in [0.5, 0.6) is 0 Å². The first-order valence-electron chi connectivity index (χ1n) is 6.50. The van der Waals surface area contributed by atoms with E-state index in [-0.39, 0.29) is 5.91 Å². The maximum Gasteiger partial charge on any atom is 0.237 e. The Morgan fingerprint density at radius 1 is 1.33 bits per heavy atom. The maximum atomic E-state index is 11.6. The Labute approximate surface area is 109 Å². The van der Waals surface area contributed by atoms with Gasteiger partial charge in [0.25, 0.3) is 0 Å². The van der Waals surface area contributed by atoms with Crippen molar-refractivity contribution >= 4 is 5.91 Å². The lowest BCUT2D eigenvalue weighted by Gasteiger charge is -2.09. The molecule has 0 rings (SSSR count). The summed E-state index contributed by atoms with van der Waals surface area (Å²) in [5.74, 6) is -0.660. The summed E-state index contributed by atoms with van der Waals surface area (Å²) < 4.78 is 10.1. The number of unbranched alkanes of at least 4 members (excludes halogenated alkanes) is 1. The van der Waals surface area contributed by atoms with Gasteiger partial charge in [-0.1, -0.05) is 13.3 Å². The van der Waals surface area contributed by atoms with E-state index >= 15 is 0 Å². The van der Waals surface area contributed by atoms with E-state index in [0.717, 1.165) is 19.3 Å². The second-order valence-electron chi connectivity index (χ2n) is 4.07. The minimum Gasteiger partial charge on any atom is -0.382 e. The fraction of sp³-hybridized carbons (Fsp3) is 0.846. The van der Waals surface area contributed by atoms with Crippen LogP contribution in [0.1, 0.15) is 32.6 Å². The van der Waals surface area contributed by atoms with Crippen LogP contribution in [0, 0.1) is 17.2 Å². The molecule has 18 heavy (non-hydrogen) atoms. The van der Waals surface area contributed by atoms with Crippen LogP contribution in [0.2, 0.25) is 0 Å². The molecule has 0 aliphatic heterocycles. The highest BCUT2D eigenvalue weighted by Gasteiger charge is 2.15. The van der Waals surface area contributed by atoms with Crippen molar-refractivity contribution in [1.82, 2.24) is 5.32 Å². The molecular weight excluding hydrogens is 232 g/mol. The van der Waals surface area contributed by atoms with Crippen molar-refractivity contribution in [2.24, 2.45) is 5.92 Å². The number of ether oxygens (including phenoxy) is 2. The molecule has 104 valence electrons. The van der Waals surface area contributed by atoms with E-state index in [1.165, 1.54) is 0 Å². The van der Waals surface area contributed by atoms with Crippen molar-refractivity contribution in [3.8, 4) is 6.07 Å². The molecule has 0 radical (unpaired) electrons. The molecule has 0 aliphatic rings. The zero-order chi connectivity index (χ0) is 13.6. The van der Waals surface area contributed by atoms with Gasteiger partial charge in [-0.2, -0.15) is 5.26 Å². The van der Waals surface area contributed by atoms with E-state index in [9.17, 15) is 4.79 Å². The molecule has 0 bridgehead atoms. The molecule has 0 aromatic carbocycles. The van der Waals surface area contributed by atoms with Gasteiger partial charge in [-0.15, -0.1) is 0 Å². The minimum atomic E-state index is -0.507. The van der Waals surface area contributed by atoms with E-state index in [0.29, 0.717) is 32.8 Å². The van der Waals surface area contributed by atoms with Gasteiger partial charge in [0.15, 0.2) is 0 Å². The lowest BCUT2D eigenvalue weighted by molar-refractivity contribution is -0.123. The predicted octanol–water partition coefficient (Wildman–Crippen LogP) is 1.49. The zero-order valence-corrected chi connectivity index (χ0v) is 11.4. The minimum absolute atomic E-state index is 0.153. The van der Waals surface area contributed by atoms with E-state index in [1.54, 1.807) is 7.11 Å². The van der Waals surface area contributed by atoms with Gasteiger partial charge < -0.3 is 14.8 Å². The van der Waals surface area contributed by atoms with Crippen LogP contribution in [0.15, 0.2) is 0 Å². The number of amides is 1. The van der Waals surface area contributed by atoms with Crippen molar-refractivity contribution < 1.29 is 14.3 Å². The maximum absolute atomic E-state index is 11.6. The van der Waals surface area contributed by atoms with Gasteiger partial charge in [0.05, 0.1) is 19.3 Å². The molecule has 0 fully saturated rings. The highest BCUT2D eigenvalue weighted by molar-refractivity contribution is 5.80. The topological polar surface area (TPSA) is 71.4 Å². The summed E-state index contributed by atoms with van der Waals surface area (Å²) in [6.45, 7) is 4.46. The number of nitrogens with zero attached hydrogens (tertiary/aromatic N) is 1. The average Bonchev–Trinajstić information content (AvgIpc) is 2.38. The Morgan fingerprint density at radius 2 is 2.11 bits per heavy atom. The summed E-state index contributed by atoms with van der Waals surface area (Å²) in [4.78, 5) is 11.6. The number of methoxy groups -OCH3 is 1. The molecule has 0 spiro atoms. The molecule has 0 aliphatic carbocycles. The summed E-state index contributed by atoms with van der Waals surface area (Å²) in [5.41, 5.74) is 0. The molecule has 0 saturated heterocycles. The summed E-state index contributed by atoms with van der Waals surface area (Å²) >= 11 is 0. The van der Waals surface area contributed by atoms with E-state index in [1.807, 2.05) is 13.0 Å². The second-order valence-corrected chi connectivity index (χ2v) is 4.07. The number of rotatable bonds is 11. The molecule has 1 unspecified atom stereocenters. The third-order valence-electron chi connectivity index (χ3n) is 2.50. The monoisotopic (exact) mass is 256 g/mol. The van der Waals surface area contributed by atoms with Crippen molar-refractivity contribution in [2.75, 3.05) is 33.5 Å². The molecule has 1 amide bonds. The lowest BCUT2D eigenvalue weighted by atomic mass is 10.1. The van der Waals surface area contributed by atoms with Gasteiger partial charge in [0.2, 0.25) is 5.91 Å². The van der Waals surface area contributed by atoms with Crippen LogP contribution in [-0.4, -0.2) is 39.4 Å². The Balaban J connectivity index is 3.43. The van der Waals surface area contributed by atoms with Crippen molar-refractivity contribution in [2.45, 2.75) is 32.6 Å². The molecule has 5 heteroatoms. The summed E-state index contributed by atoms with van der Waals surface area (Å²) in [5, 5.41) is 11.6. The number of nitrogens with one attached hydrogen (secondary N) is 1. The number of carbonyl (C=O) groups excluding carboxylic acids is 1. The summed E-state index contributed by atoms with van der Waals surface area (Å²) in [6, 6.07) is 2.03. The third-order valence-corrected chi connectivity index (χ3v) is 2.50. The van der Waals surface area contributed by atoms with Crippen molar-refractivity contribution in [3.05, 3.63) is 0 Å². The molecule has 0 aromatic heterocycles. The smallest absolute Gasteiger partial charge is 0.237 e. The second kappa shape index (κ2) is 12.3. The summed E-state index contributed by atoms with van der Waals surface area (Å²) in [7, 11) is 1.64. The first-order valence-corrected chi connectivity index (χ1v) is 6.50. The first kappa shape index (κ1) is 16.9. The average molecular weight is 256 g/mol. The fourth-order valence-electron chi connectivity index (χ4n) is 1.45. The number of carbonyl (C=O) groups is 1. The van der Waals surface area contributed by atoms with Crippen LogP contribution in [-0.2, 0) is 14.3 Å². The number of hydrogen-bond acceptors (Lipinski definition) is 4. The van der Waals surface area contributed by atoms with E-state index < -0.39 is 5.92 Å². The molecule has 1 N–H and O–H groups in total. The Morgan fingerprint density at radius 3 is 2.72 bits per heavy atom. The lowest BCUT2D eigenvalue weighted by Crippen LogP contribution is -2.30. The van der Waals surface area contributed by atoms with Gasteiger partial charge >= 0.3 is 0 Å². The highest BCUT2D eigenvalue weighted by Crippen LogP contribution is 2.04. The van der Waals surface area contributed by atoms with Gasteiger partial charge in [0, 0.05) is 20.3 Å². The SMILES string of the molecule is CCCC(C#N)C(=O)NCCCCOCCOC. The fourth-order valence-corrected chi connectivity index (χ4v) is 1.45. The van der Waals surface area contributed by atoms with Crippen LogP contribution in [0.25, 0.3) is 0 Å². The number of nitriles is 1. The van der Waals surface area contributed by atoms with Crippen LogP contribution >= 0.6 is 0 Å². The van der Waals surface area contributed by atoms with Crippen LogP contribution < -0.4 is 5.32 Å². The molecular formula is C13H24N2O3. The van der Waals surface area contributed by atoms with Crippen LogP contribution in [0.3, 0.4) is 0 Å². The molecule has 0 saturated carbocycles. The van der Waals surface area contributed by atoms with E-state index in [2.05, 4.69) is 5.32 Å². The first-order chi connectivity index (χ1) is 8.76. The Kier molecular flexibility index (Phi) is 11.6. The molecule has 1 atom stereocenters. The largest absolute Gasteiger partial charge is 0.382 e.